The molecule has 1 atom stereocenters. The third kappa shape index (κ3) is 4.98. The van der Waals surface area contributed by atoms with Crippen LogP contribution >= 0.6 is 0 Å². The highest BCUT2D eigenvalue weighted by Crippen LogP contribution is 2.35. The normalized spacial score (nSPS) is 16.6. The molecule has 2 aliphatic heterocycles. The molecule has 4 rings (SSSR count). The van der Waals surface area contributed by atoms with Gasteiger partial charge in [0.1, 0.15) is 0 Å². The average Bonchev–Trinajstić information content (AvgIpc) is 3.25. The fourth-order valence-electron chi connectivity index (χ4n) is 3.74. The quantitative estimate of drug-likeness (QED) is 0.714. The molecule has 2 amide bonds. The summed E-state index contributed by atoms with van der Waals surface area (Å²) < 4.78 is 16.4. The Bertz CT molecular complexity index is 972. The second kappa shape index (κ2) is 9.36. The van der Waals surface area contributed by atoms with Crippen molar-refractivity contribution in [2.75, 3.05) is 45.0 Å². The molecule has 1 fully saturated rings. The minimum Gasteiger partial charge on any atom is -0.454 e. The first-order valence-corrected chi connectivity index (χ1v) is 10.4. The predicted octanol–water partition coefficient (Wildman–Crippen LogP) is 2.16. The largest absolute Gasteiger partial charge is 0.454 e. The Hall–Kier alpha value is -3.10. The second-order valence-electron chi connectivity index (χ2n) is 7.74. The van der Waals surface area contributed by atoms with Crippen molar-refractivity contribution in [1.82, 2.24) is 10.2 Å². The van der Waals surface area contributed by atoms with E-state index in [0.717, 1.165) is 29.8 Å². The van der Waals surface area contributed by atoms with Gasteiger partial charge in [0.2, 0.25) is 6.79 Å². The zero-order chi connectivity index (χ0) is 21.8. The van der Waals surface area contributed by atoms with Crippen LogP contribution in [0.4, 0.5) is 5.69 Å². The molecule has 8 nitrogen and oxygen atoms in total. The van der Waals surface area contributed by atoms with E-state index in [2.05, 4.69) is 15.5 Å². The second-order valence-corrected chi connectivity index (χ2v) is 7.74. The molecule has 164 valence electrons. The van der Waals surface area contributed by atoms with Gasteiger partial charge in [0.25, 0.3) is 0 Å². The lowest BCUT2D eigenvalue weighted by molar-refractivity contribution is -0.136. The van der Waals surface area contributed by atoms with Crippen LogP contribution in [-0.4, -0.2) is 56.4 Å². The van der Waals surface area contributed by atoms with Gasteiger partial charge < -0.3 is 24.8 Å². The maximum atomic E-state index is 12.5. The molecular formula is C23H27N3O5. The monoisotopic (exact) mass is 425 g/mol. The number of amides is 2. The minimum absolute atomic E-state index is 0.114. The lowest BCUT2D eigenvalue weighted by Crippen LogP contribution is -2.45. The van der Waals surface area contributed by atoms with E-state index < -0.39 is 11.8 Å². The van der Waals surface area contributed by atoms with E-state index in [9.17, 15) is 9.59 Å². The van der Waals surface area contributed by atoms with Crippen molar-refractivity contribution in [3.8, 4) is 11.5 Å². The number of benzene rings is 2. The van der Waals surface area contributed by atoms with Crippen molar-refractivity contribution in [2.24, 2.45) is 0 Å². The summed E-state index contributed by atoms with van der Waals surface area (Å²) in [6.07, 6.45) is 0. The predicted molar refractivity (Wildman–Crippen MR) is 115 cm³/mol. The molecule has 0 spiro atoms. The first-order chi connectivity index (χ1) is 15.0. The Morgan fingerprint density at radius 3 is 2.52 bits per heavy atom. The van der Waals surface area contributed by atoms with Crippen molar-refractivity contribution >= 4 is 17.5 Å². The third-order valence-corrected chi connectivity index (χ3v) is 5.69. The number of fused-ring (bicyclic) bond motifs is 1. The van der Waals surface area contributed by atoms with Crippen LogP contribution in [-0.2, 0) is 14.3 Å². The molecule has 0 aliphatic carbocycles. The first-order valence-electron chi connectivity index (χ1n) is 10.4. The number of carbonyl (C=O) groups excluding carboxylic acids is 2. The summed E-state index contributed by atoms with van der Waals surface area (Å²) in [4.78, 5) is 27.1. The molecule has 2 aromatic carbocycles. The Kier molecular flexibility index (Phi) is 6.39. The minimum atomic E-state index is -0.685. The highest BCUT2D eigenvalue weighted by molar-refractivity contribution is 6.39. The standard InChI is InChI=1S/C23H27N3O5/c1-15-3-5-18(11-16(15)2)25-23(28)22(27)24-13-19(26-7-9-29-10-8-26)17-4-6-20-21(12-17)31-14-30-20/h3-6,11-12,19H,7-10,13-14H2,1-2H3,(H,24,27)(H,25,28)/t19-/m0/s1. The van der Waals surface area contributed by atoms with Crippen LogP contribution in [0.1, 0.15) is 22.7 Å². The molecule has 0 unspecified atom stereocenters. The highest BCUT2D eigenvalue weighted by atomic mass is 16.7. The SMILES string of the molecule is Cc1ccc(NC(=O)C(=O)NC[C@@H](c2ccc3c(c2)OCO3)N2CCOCC2)cc1C. The van der Waals surface area contributed by atoms with Gasteiger partial charge in [0.05, 0.1) is 19.3 Å². The Labute approximate surface area is 181 Å². The number of nitrogens with one attached hydrogen (secondary N) is 2. The smallest absolute Gasteiger partial charge is 0.313 e. The molecule has 0 bridgehead atoms. The Balaban J connectivity index is 1.43. The van der Waals surface area contributed by atoms with Crippen LogP contribution < -0.4 is 20.1 Å². The van der Waals surface area contributed by atoms with E-state index >= 15 is 0 Å². The molecule has 2 aromatic rings. The lowest BCUT2D eigenvalue weighted by Gasteiger charge is -2.34. The van der Waals surface area contributed by atoms with E-state index in [1.807, 2.05) is 44.2 Å². The van der Waals surface area contributed by atoms with Gasteiger partial charge in [-0.05, 0) is 54.8 Å². The maximum absolute atomic E-state index is 12.5. The molecule has 1 saturated heterocycles. The van der Waals surface area contributed by atoms with Gasteiger partial charge in [-0.15, -0.1) is 0 Å². The molecule has 8 heteroatoms. The van der Waals surface area contributed by atoms with E-state index in [1.54, 1.807) is 6.07 Å². The van der Waals surface area contributed by atoms with Crippen LogP contribution in [0.25, 0.3) is 0 Å². The van der Waals surface area contributed by atoms with Gasteiger partial charge in [-0.3, -0.25) is 14.5 Å². The number of anilines is 1. The molecule has 31 heavy (non-hydrogen) atoms. The van der Waals surface area contributed by atoms with Gasteiger partial charge in [0, 0.05) is 25.3 Å². The fraction of sp³-hybridized carbons (Fsp3) is 0.391. The fourth-order valence-corrected chi connectivity index (χ4v) is 3.74. The average molecular weight is 425 g/mol. The van der Waals surface area contributed by atoms with Crippen LogP contribution in [0.2, 0.25) is 0 Å². The summed E-state index contributed by atoms with van der Waals surface area (Å²) in [6, 6.07) is 11.2. The summed E-state index contributed by atoms with van der Waals surface area (Å²) in [5, 5.41) is 5.45. The summed E-state index contributed by atoms with van der Waals surface area (Å²) >= 11 is 0. The molecule has 0 saturated carbocycles. The van der Waals surface area contributed by atoms with Crippen molar-refractivity contribution in [3.63, 3.8) is 0 Å². The van der Waals surface area contributed by atoms with Gasteiger partial charge in [-0.2, -0.15) is 0 Å². The Morgan fingerprint density at radius 1 is 0.968 bits per heavy atom. The third-order valence-electron chi connectivity index (χ3n) is 5.69. The molecular weight excluding hydrogens is 398 g/mol. The number of hydrogen-bond donors (Lipinski definition) is 2. The number of morpholine rings is 1. The van der Waals surface area contributed by atoms with E-state index in [4.69, 9.17) is 14.2 Å². The number of hydrogen-bond acceptors (Lipinski definition) is 6. The van der Waals surface area contributed by atoms with Crippen molar-refractivity contribution in [1.29, 1.82) is 0 Å². The maximum Gasteiger partial charge on any atom is 0.313 e. The van der Waals surface area contributed by atoms with Gasteiger partial charge >= 0.3 is 11.8 Å². The molecule has 2 heterocycles. The van der Waals surface area contributed by atoms with Gasteiger partial charge in [-0.25, -0.2) is 0 Å². The van der Waals surface area contributed by atoms with Crippen LogP contribution in [0.3, 0.4) is 0 Å². The molecule has 0 aromatic heterocycles. The molecule has 2 N–H and O–H groups in total. The topological polar surface area (TPSA) is 89.1 Å². The molecule has 0 radical (unpaired) electrons. The summed E-state index contributed by atoms with van der Waals surface area (Å²) in [6.45, 7) is 7.19. The molecule has 2 aliphatic rings. The highest BCUT2D eigenvalue weighted by Gasteiger charge is 2.26. The zero-order valence-electron chi connectivity index (χ0n) is 17.8. The zero-order valence-corrected chi connectivity index (χ0v) is 17.8. The Morgan fingerprint density at radius 2 is 1.74 bits per heavy atom. The van der Waals surface area contributed by atoms with Crippen molar-refractivity contribution in [3.05, 3.63) is 53.1 Å². The van der Waals surface area contributed by atoms with E-state index in [0.29, 0.717) is 36.9 Å². The number of nitrogens with zero attached hydrogens (tertiary/aromatic N) is 1. The summed E-state index contributed by atoms with van der Waals surface area (Å²) in [7, 11) is 0. The van der Waals surface area contributed by atoms with E-state index in [-0.39, 0.29) is 12.8 Å². The van der Waals surface area contributed by atoms with Gasteiger partial charge in [-0.1, -0.05) is 12.1 Å². The summed E-state index contributed by atoms with van der Waals surface area (Å²) in [5.74, 6) is 0.0442. The first kappa shape index (κ1) is 21.1. The van der Waals surface area contributed by atoms with Crippen LogP contribution in [0.5, 0.6) is 11.5 Å². The number of rotatable bonds is 5. The number of carbonyl (C=O) groups is 2. The number of aryl methyl sites for hydroxylation is 2. The number of ether oxygens (including phenoxy) is 3. The van der Waals surface area contributed by atoms with Crippen molar-refractivity contribution < 1.29 is 23.8 Å². The van der Waals surface area contributed by atoms with E-state index in [1.165, 1.54) is 0 Å². The lowest BCUT2D eigenvalue weighted by atomic mass is 10.0. The van der Waals surface area contributed by atoms with Crippen molar-refractivity contribution in [2.45, 2.75) is 19.9 Å². The van der Waals surface area contributed by atoms with Crippen LogP contribution in [0, 0.1) is 13.8 Å². The summed E-state index contributed by atoms with van der Waals surface area (Å²) in [5.41, 5.74) is 3.76. The van der Waals surface area contributed by atoms with Crippen LogP contribution in [0.15, 0.2) is 36.4 Å². The van der Waals surface area contributed by atoms with Gasteiger partial charge in [0.15, 0.2) is 11.5 Å².